The quantitative estimate of drug-likeness (QED) is 0.227. The molecule has 5 nitrogen and oxygen atoms in total. The maximum atomic E-state index is 13.8. The highest BCUT2D eigenvalue weighted by Crippen LogP contribution is 2.27. The van der Waals surface area contributed by atoms with Gasteiger partial charge in [0, 0.05) is 34.9 Å². The fourth-order valence-electron chi connectivity index (χ4n) is 4.30. The Hall–Kier alpha value is -3.54. The van der Waals surface area contributed by atoms with Gasteiger partial charge in [-0.15, -0.1) is 0 Å². The number of carbonyl (C=O) groups excluding carboxylic acids is 2. The molecule has 0 aliphatic carbocycles. The molecule has 0 heterocycles. The van der Waals surface area contributed by atoms with Crippen molar-refractivity contribution in [3.63, 3.8) is 0 Å². The lowest BCUT2D eigenvalue weighted by atomic mass is 10.0. The van der Waals surface area contributed by atoms with Crippen molar-refractivity contribution in [1.82, 2.24) is 10.2 Å². The number of benzene rings is 4. The van der Waals surface area contributed by atoms with Crippen LogP contribution in [-0.2, 0) is 22.6 Å². The molecule has 1 N–H and O–H groups in total. The monoisotopic (exact) mass is 548 g/mol. The molecule has 1 atom stereocenters. The summed E-state index contributed by atoms with van der Waals surface area (Å²) in [4.78, 5) is 28.8. The van der Waals surface area contributed by atoms with E-state index in [0.717, 1.165) is 22.8 Å². The number of nitrogens with one attached hydrogen (secondary N) is 1. The Balaban J connectivity index is 1.65. The van der Waals surface area contributed by atoms with Crippen molar-refractivity contribution >= 4 is 45.8 Å². The number of halogens is 2. The van der Waals surface area contributed by atoms with Crippen molar-refractivity contribution in [2.45, 2.75) is 32.4 Å². The van der Waals surface area contributed by atoms with Crippen LogP contribution < -0.4 is 10.1 Å². The van der Waals surface area contributed by atoms with Crippen LogP contribution in [0, 0.1) is 0 Å². The molecule has 4 aromatic carbocycles. The highest BCUT2D eigenvalue weighted by atomic mass is 35.5. The number of carbonyl (C=O) groups is 2. The first-order valence-electron chi connectivity index (χ1n) is 12.6. The zero-order chi connectivity index (χ0) is 26.9. The summed E-state index contributed by atoms with van der Waals surface area (Å²) in [5.41, 5.74) is 1.63. The molecule has 0 aromatic heterocycles. The van der Waals surface area contributed by atoms with Crippen LogP contribution in [0.2, 0.25) is 10.0 Å². The molecule has 4 rings (SSSR count). The Morgan fingerprint density at radius 2 is 1.66 bits per heavy atom. The molecule has 0 saturated carbocycles. The predicted molar refractivity (Wildman–Crippen MR) is 154 cm³/mol. The van der Waals surface area contributed by atoms with E-state index in [0.29, 0.717) is 34.3 Å². The highest BCUT2D eigenvalue weighted by Gasteiger charge is 2.31. The first kappa shape index (κ1) is 27.5. The molecule has 0 spiro atoms. The third-order valence-electron chi connectivity index (χ3n) is 6.28. The smallest absolute Gasteiger partial charge is 0.261 e. The summed E-state index contributed by atoms with van der Waals surface area (Å²) in [6, 6.07) is 27.6. The van der Waals surface area contributed by atoms with Gasteiger partial charge in [0.2, 0.25) is 5.91 Å². The van der Waals surface area contributed by atoms with E-state index in [9.17, 15) is 9.59 Å². The van der Waals surface area contributed by atoms with Gasteiger partial charge in [0.15, 0.2) is 6.61 Å². The molecule has 0 unspecified atom stereocenters. The lowest BCUT2D eigenvalue weighted by Gasteiger charge is -2.31. The Kier molecular flexibility index (Phi) is 9.63. The second-order valence-corrected chi connectivity index (χ2v) is 9.86. The van der Waals surface area contributed by atoms with Crippen molar-refractivity contribution < 1.29 is 14.3 Å². The number of nitrogens with zero attached hydrogens (tertiary/aromatic N) is 1. The van der Waals surface area contributed by atoms with Gasteiger partial charge in [-0.2, -0.15) is 0 Å². The van der Waals surface area contributed by atoms with Gasteiger partial charge in [0.25, 0.3) is 5.91 Å². The topological polar surface area (TPSA) is 58.6 Å². The normalized spacial score (nSPS) is 11.7. The van der Waals surface area contributed by atoms with Crippen LogP contribution in [0.5, 0.6) is 5.75 Å². The number of hydrogen-bond acceptors (Lipinski definition) is 3. The molecule has 0 fully saturated rings. The minimum atomic E-state index is -0.765. The lowest BCUT2D eigenvalue weighted by molar-refractivity contribution is -0.142. The van der Waals surface area contributed by atoms with Crippen LogP contribution in [0.1, 0.15) is 24.5 Å². The summed E-state index contributed by atoms with van der Waals surface area (Å²) in [6.45, 7) is 2.40. The Morgan fingerprint density at radius 3 is 2.42 bits per heavy atom. The molecule has 38 heavy (non-hydrogen) atoms. The summed E-state index contributed by atoms with van der Waals surface area (Å²) in [5, 5.41) is 5.82. The van der Waals surface area contributed by atoms with E-state index in [4.69, 9.17) is 27.9 Å². The highest BCUT2D eigenvalue weighted by molar-refractivity contribution is 6.35. The minimum Gasteiger partial charge on any atom is -0.483 e. The van der Waals surface area contributed by atoms with Crippen LogP contribution in [0.15, 0.2) is 91.0 Å². The van der Waals surface area contributed by atoms with Crippen molar-refractivity contribution in [3.8, 4) is 5.75 Å². The van der Waals surface area contributed by atoms with Gasteiger partial charge in [-0.05, 0) is 41.1 Å². The summed E-state index contributed by atoms with van der Waals surface area (Å²) in [5.74, 6) is 0.0619. The zero-order valence-electron chi connectivity index (χ0n) is 21.2. The van der Waals surface area contributed by atoms with E-state index in [1.165, 1.54) is 0 Å². The van der Waals surface area contributed by atoms with E-state index >= 15 is 0 Å². The zero-order valence-corrected chi connectivity index (χ0v) is 22.7. The summed E-state index contributed by atoms with van der Waals surface area (Å²) in [6.07, 6.45) is 1.13. The van der Waals surface area contributed by atoms with Crippen LogP contribution in [0.25, 0.3) is 10.8 Å². The third kappa shape index (κ3) is 7.06. The fraction of sp³-hybridized carbons (Fsp3) is 0.226. The molecule has 2 amide bonds. The third-order valence-corrected chi connectivity index (χ3v) is 6.86. The standard InChI is InChI=1S/C31H30Cl2N2O3/c1-2-17-34-31(37)28(18-22-9-4-3-5-10-22)35(20-24-15-16-25(32)19-27(24)33)30(36)21-38-29-14-8-12-23-11-6-7-13-26(23)29/h3-16,19,28H,2,17-18,20-21H2,1H3,(H,34,37)/t28-/m0/s1. The average molecular weight is 549 g/mol. The minimum absolute atomic E-state index is 0.130. The molecule has 4 aromatic rings. The molecule has 0 aliphatic heterocycles. The van der Waals surface area contributed by atoms with Gasteiger partial charge in [0.05, 0.1) is 0 Å². The average Bonchev–Trinajstić information content (AvgIpc) is 2.93. The Labute approximate surface area is 233 Å². The van der Waals surface area contributed by atoms with E-state index < -0.39 is 6.04 Å². The number of rotatable bonds is 11. The maximum absolute atomic E-state index is 13.8. The molecule has 0 aliphatic rings. The van der Waals surface area contributed by atoms with Crippen molar-refractivity contribution in [1.29, 1.82) is 0 Å². The van der Waals surface area contributed by atoms with Gasteiger partial charge in [-0.25, -0.2) is 0 Å². The predicted octanol–water partition coefficient (Wildman–Crippen LogP) is 6.69. The molecular weight excluding hydrogens is 519 g/mol. The Bertz CT molecular complexity index is 1390. The van der Waals surface area contributed by atoms with Gasteiger partial charge in [0.1, 0.15) is 11.8 Å². The van der Waals surface area contributed by atoms with Gasteiger partial charge < -0.3 is 15.0 Å². The number of hydrogen-bond donors (Lipinski definition) is 1. The molecule has 0 radical (unpaired) electrons. The first-order valence-corrected chi connectivity index (χ1v) is 13.4. The summed E-state index contributed by atoms with van der Waals surface area (Å²) in [7, 11) is 0. The molecular formula is C31H30Cl2N2O3. The van der Waals surface area contributed by atoms with E-state index in [2.05, 4.69) is 5.32 Å². The summed E-state index contributed by atoms with van der Waals surface area (Å²) >= 11 is 12.6. The maximum Gasteiger partial charge on any atom is 0.261 e. The number of amides is 2. The molecule has 0 saturated heterocycles. The van der Waals surface area contributed by atoms with Crippen molar-refractivity contribution in [3.05, 3.63) is 112 Å². The molecule has 0 bridgehead atoms. The van der Waals surface area contributed by atoms with Crippen LogP contribution >= 0.6 is 23.2 Å². The van der Waals surface area contributed by atoms with E-state index in [1.54, 1.807) is 23.1 Å². The number of ether oxygens (including phenoxy) is 1. The first-order chi connectivity index (χ1) is 18.5. The Morgan fingerprint density at radius 1 is 0.921 bits per heavy atom. The summed E-state index contributed by atoms with van der Waals surface area (Å²) < 4.78 is 6.03. The van der Waals surface area contributed by atoms with Crippen LogP contribution in [-0.4, -0.2) is 35.9 Å². The SMILES string of the molecule is CCCNC(=O)[C@H](Cc1ccccc1)N(Cc1ccc(Cl)cc1Cl)C(=O)COc1cccc2ccccc12. The van der Waals surface area contributed by atoms with Crippen molar-refractivity contribution in [2.75, 3.05) is 13.2 Å². The number of fused-ring (bicyclic) bond motifs is 1. The lowest BCUT2D eigenvalue weighted by Crippen LogP contribution is -2.51. The largest absolute Gasteiger partial charge is 0.483 e. The van der Waals surface area contributed by atoms with Gasteiger partial charge >= 0.3 is 0 Å². The second-order valence-electron chi connectivity index (χ2n) is 9.02. The van der Waals surface area contributed by atoms with E-state index in [1.807, 2.05) is 79.7 Å². The molecule has 7 heteroatoms. The van der Waals surface area contributed by atoms with Crippen LogP contribution in [0.3, 0.4) is 0 Å². The second kappa shape index (κ2) is 13.3. The van der Waals surface area contributed by atoms with Crippen LogP contribution in [0.4, 0.5) is 0 Å². The van der Waals surface area contributed by atoms with Gasteiger partial charge in [-0.3, -0.25) is 9.59 Å². The fourth-order valence-corrected chi connectivity index (χ4v) is 4.77. The van der Waals surface area contributed by atoms with Crippen molar-refractivity contribution in [2.24, 2.45) is 0 Å². The molecule has 196 valence electrons. The van der Waals surface area contributed by atoms with E-state index in [-0.39, 0.29) is 25.0 Å². The van der Waals surface area contributed by atoms with Gasteiger partial charge in [-0.1, -0.05) is 103 Å².